The number of pyridine rings is 1. The van der Waals surface area contributed by atoms with Gasteiger partial charge in [-0.3, -0.25) is 14.6 Å². The molecule has 0 saturated carbocycles. The van der Waals surface area contributed by atoms with Gasteiger partial charge in [-0.05, 0) is 54.1 Å². The number of halogens is 1. The number of ketones is 1. The summed E-state index contributed by atoms with van der Waals surface area (Å²) in [4.78, 5) is 32.3. The second-order valence-electron chi connectivity index (χ2n) is 7.63. The lowest BCUT2D eigenvalue weighted by molar-refractivity contribution is -0.130. The number of carbonyl (C=O) groups excluding carboxylic acids is 2. The number of nitrogens with zero attached hydrogens (tertiary/aromatic N) is 2. The Morgan fingerprint density at radius 1 is 1.06 bits per heavy atom. The van der Waals surface area contributed by atoms with Crippen molar-refractivity contribution in [2.45, 2.75) is 12.6 Å². The molecule has 8 heteroatoms. The summed E-state index contributed by atoms with van der Waals surface area (Å²) in [7, 11) is 0. The summed E-state index contributed by atoms with van der Waals surface area (Å²) in [5, 5.41) is 21.2. The van der Waals surface area contributed by atoms with Crippen LogP contribution in [0.4, 0.5) is 0 Å². The van der Waals surface area contributed by atoms with Crippen LogP contribution in [-0.2, 0) is 11.3 Å². The lowest BCUT2D eigenvalue weighted by Crippen LogP contribution is -2.31. The molecule has 2 aromatic heterocycles. The third-order valence-electron chi connectivity index (χ3n) is 5.52. The van der Waals surface area contributed by atoms with E-state index in [1.54, 1.807) is 54.7 Å². The number of carbonyl (C=O) groups is 2. The third-order valence-corrected chi connectivity index (χ3v) is 6.01. The van der Waals surface area contributed by atoms with Gasteiger partial charge in [0.15, 0.2) is 11.5 Å². The summed E-state index contributed by atoms with van der Waals surface area (Å²) in [6.07, 6.45) is 1.61. The fraction of sp³-hybridized carbons (Fsp3) is 0.0800. The number of fused-ring (bicyclic) bond motifs is 1. The Balaban J connectivity index is 1.60. The van der Waals surface area contributed by atoms with Gasteiger partial charge in [-0.1, -0.05) is 34.1 Å². The van der Waals surface area contributed by atoms with E-state index in [2.05, 4.69) is 20.9 Å². The molecule has 1 atom stereocenters. The predicted molar refractivity (Wildman–Crippen MR) is 124 cm³/mol. The quantitative estimate of drug-likeness (QED) is 0.367. The maximum absolute atomic E-state index is 13.5. The monoisotopic (exact) mass is 504 g/mol. The molecule has 3 heterocycles. The van der Waals surface area contributed by atoms with E-state index in [9.17, 15) is 19.8 Å². The number of Topliss-reactive ketones (excluding diaryl/α,β-unsaturated/α-hetero) is 1. The van der Waals surface area contributed by atoms with Gasteiger partial charge in [-0.15, -0.1) is 0 Å². The Bertz CT molecular complexity index is 1410. The van der Waals surface area contributed by atoms with Crippen LogP contribution in [0.1, 0.15) is 27.9 Å². The molecule has 1 unspecified atom stereocenters. The number of furan rings is 1. The Morgan fingerprint density at radius 3 is 2.58 bits per heavy atom. The maximum Gasteiger partial charge on any atom is 0.290 e. The van der Waals surface area contributed by atoms with Crippen LogP contribution >= 0.6 is 15.9 Å². The molecule has 0 spiro atoms. The molecule has 7 nitrogen and oxygen atoms in total. The Kier molecular flexibility index (Phi) is 5.22. The van der Waals surface area contributed by atoms with Crippen LogP contribution in [-0.4, -0.2) is 31.8 Å². The Labute approximate surface area is 196 Å². The highest BCUT2D eigenvalue weighted by Crippen LogP contribution is 2.40. The highest BCUT2D eigenvalue weighted by atomic mass is 79.9. The van der Waals surface area contributed by atoms with E-state index in [-0.39, 0.29) is 23.6 Å². The number of hydrogen-bond acceptors (Lipinski definition) is 6. The van der Waals surface area contributed by atoms with Crippen molar-refractivity contribution in [1.29, 1.82) is 0 Å². The van der Waals surface area contributed by atoms with Crippen molar-refractivity contribution in [3.63, 3.8) is 0 Å². The van der Waals surface area contributed by atoms with Crippen molar-refractivity contribution in [3.05, 3.63) is 106 Å². The number of benzene rings is 2. The first-order valence-corrected chi connectivity index (χ1v) is 10.9. The zero-order chi connectivity index (χ0) is 23.1. The van der Waals surface area contributed by atoms with E-state index < -0.39 is 23.5 Å². The fourth-order valence-electron chi connectivity index (χ4n) is 3.98. The highest BCUT2D eigenvalue weighted by Gasteiger charge is 2.44. The zero-order valence-corrected chi connectivity index (χ0v) is 18.7. The lowest BCUT2D eigenvalue weighted by Gasteiger charge is -2.26. The van der Waals surface area contributed by atoms with Crippen molar-refractivity contribution < 1.29 is 24.2 Å². The number of phenols is 1. The molecule has 0 radical (unpaired) electrons. The van der Waals surface area contributed by atoms with Gasteiger partial charge in [0, 0.05) is 16.1 Å². The number of aromatic hydroxyl groups is 1. The van der Waals surface area contributed by atoms with E-state index in [4.69, 9.17) is 4.42 Å². The predicted octanol–water partition coefficient (Wildman–Crippen LogP) is 5.07. The van der Waals surface area contributed by atoms with Crippen LogP contribution in [0.3, 0.4) is 0 Å². The van der Waals surface area contributed by atoms with Gasteiger partial charge in [0.25, 0.3) is 5.91 Å². The first kappa shape index (κ1) is 21.0. The molecular formula is C25H17BrN2O5. The van der Waals surface area contributed by atoms with Gasteiger partial charge >= 0.3 is 0 Å². The smallest absolute Gasteiger partial charge is 0.290 e. The number of phenolic OH excluding ortho intramolecular Hbond substituents is 1. The van der Waals surface area contributed by atoms with E-state index in [0.29, 0.717) is 22.2 Å². The second kappa shape index (κ2) is 8.22. The summed E-state index contributed by atoms with van der Waals surface area (Å²) in [6, 6.07) is 17.5. The van der Waals surface area contributed by atoms with Crippen molar-refractivity contribution in [2.24, 2.45) is 0 Å². The van der Waals surface area contributed by atoms with Crippen LogP contribution in [0.5, 0.6) is 5.75 Å². The third kappa shape index (κ3) is 3.78. The van der Waals surface area contributed by atoms with Crippen molar-refractivity contribution in [2.75, 3.05) is 0 Å². The minimum absolute atomic E-state index is 0.0147. The van der Waals surface area contributed by atoms with Crippen LogP contribution in [0, 0.1) is 0 Å². The van der Waals surface area contributed by atoms with E-state index >= 15 is 0 Å². The molecule has 5 rings (SSSR count). The molecule has 1 aliphatic rings. The van der Waals surface area contributed by atoms with Crippen LogP contribution in [0.15, 0.2) is 93.1 Å². The minimum atomic E-state index is -0.882. The van der Waals surface area contributed by atoms with Gasteiger partial charge in [-0.25, -0.2) is 0 Å². The number of rotatable bonds is 5. The Morgan fingerprint density at radius 2 is 1.85 bits per heavy atom. The van der Waals surface area contributed by atoms with Gasteiger partial charge in [0.05, 0.1) is 23.9 Å². The first-order chi connectivity index (χ1) is 15.9. The number of hydrogen-bond donors (Lipinski definition) is 2. The summed E-state index contributed by atoms with van der Waals surface area (Å²) in [6.45, 7) is 0.0825. The molecule has 33 heavy (non-hydrogen) atoms. The standard InChI is InChI=1S/C25H17BrN2O5/c26-16-6-9-19-15(11-16)12-20(33-19)23(30)21-22(14-4-7-18(29)8-5-14)28(25(32)24(21)31)13-17-3-1-2-10-27-17/h1-12,22,29,31H,13H2. The molecular weight excluding hydrogens is 488 g/mol. The molecule has 0 fully saturated rings. The van der Waals surface area contributed by atoms with Crippen molar-refractivity contribution >= 4 is 38.6 Å². The average molecular weight is 505 g/mol. The molecule has 164 valence electrons. The summed E-state index contributed by atoms with van der Waals surface area (Å²) < 4.78 is 6.57. The summed E-state index contributed by atoms with van der Waals surface area (Å²) >= 11 is 3.39. The molecule has 1 aliphatic heterocycles. The summed E-state index contributed by atoms with van der Waals surface area (Å²) in [5.41, 5.74) is 1.59. The van der Waals surface area contributed by atoms with Gasteiger partial charge in [-0.2, -0.15) is 0 Å². The number of aromatic nitrogens is 1. The molecule has 0 aliphatic carbocycles. The largest absolute Gasteiger partial charge is 0.508 e. The van der Waals surface area contributed by atoms with Crippen LogP contribution in [0.2, 0.25) is 0 Å². The van der Waals surface area contributed by atoms with Gasteiger partial charge in [0.2, 0.25) is 5.78 Å². The molecule has 4 aromatic rings. The lowest BCUT2D eigenvalue weighted by atomic mass is 9.95. The van der Waals surface area contributed by atoms with E-state index in [1.165, 1.54) is 17.0 Å². The Hall–Kier alpha value is -3.91. The van der Waals surface area contributed by atoms with E-state index in [1.807, 2.05) is 6.07 Å². The second-order valence-corrected chi connectivity index (χ2v) is 8.55. The number of aliphatic hydroxyl groups excluding tert-OH is 1. The zero-order valence-electron chi connectivity index (χ0n) is 17.1. The van der Waals surface area contributed by atoms with Crippen LogP contribution in [0.25, 0.3) is 11.0 Å². The molecule has 2 N–H and O–H groups in total. The normalized spacial score (nSPS) is 16.1. The number of amides is 1. The number of aliphatic hydroxyl groups is 1. The first-order valence-electron chi connectivity index (χ1n) is 10.1. The van der Waals surface area contributed by atoms with E-state index in [0.717, 1.165) is 4.47 Å². The fourth-order valence-corrected chi connectivity index (χ4v) is 4.36. The molecule has 1 amide bonds. The minimum Gasteiger partial charge on any atom is -0.508 e. The highest BCUT2D eigenvalue weighted by molar-refractivity contribution is 9.10. The molecule has 0 bridgehead atoms. The van der Waals surface area contributed by atoms with Gasteiger partial charge in [0.1, 0.15) is 11.3 Å². The SMILES string of the molecule is O=C(C1=C(O)C(=O)N(Cc2ccccn2)C1c1ccc(O)cc1)c1cc2cc(Br)ccc2o1. The average Bonchev–Trinajstić information content (AvgIpc) is 3.34. The van der Waals surface area contributed by atoms with Crippen LogP contribution < -0.4 is 0 Å². The summed E-state index contributed by atoms with van der Waals surface area (Å²) in [5.74, 6) is -1.84. The maximum atomic E-state index is 13.5. The topological polar surface area (TPSA) is 104 Å². The molecule has 2 aromatic carbocycles. The van der Waals surface area contributed by atoms with Crippen molar-refractivity contribution in [1.82, 2.24) is 9.88 Å². The molecule has 0 saturated heterocycles. The van der Waals surface area contributed by atoms with Crippen molar-refractivity contribution in [3.8, 4) is 5.75 Å². The van der Waals surface area contributed by atoms with Gasteiger partial charge < -0.3 is 19.5 Å².